The Kier molecular flexibility index (Phi) is 11.4. The Balaban J connectivity index is 1.84. The molecule has 0 fully saturated rings. The van der Waals surface area contributed by atoms with E-state index in [4.69, 9.17) is 28.0 Å². The lowest BCUT2D eigenvalue weighted by Crippen LogP contribution is -2.08. The first-order chi connectivity index (χ1) is 17.2. The summed E-state index contributed by atoms with van der Waals surface area (Å²) in [6.45, 7) is 7.14. The lowest BCUT2D eigenvalue weighted by atomic mass is 10.2. The van der Waals surface area contributed by atoms with Crippen molar-refractivity contribution in [2.45, 2.75) is 20.3 Å². The molecule has 9 nitrogen and oxygen atoms in total. The van der Waals surface area contributed by atoms with Gasteiger partial charge in [-0.3, -0.25) is 0 Å². The van der Waals surface area contributed by atoms with Gasteiger partial charge in [0.25, 0.3) is 0 Å². The fourth-order valence-corrected chi connectivity index (χ4v) is 4.47. The van der Waals surface area contributed by atoms with Crippen molar-refractivity contribution in [1.82, 2.24) is 9.97 Å². The van der Waals surface area contributed by atoms with Gasteiger partial charge < -0.3 is 33.3 Å². The van der Waals surface area contributed by atoms with Gasteiger partial charge in [-0.2, -0.15) is 0 Å². The van der Waals surface area contributed by atoms with Crippen LogP contribution in [0.4, 0.5) is 11.5 Å². The van der Waals surface area contributed by atoms with Gasteiger partial charge >= 0.3 is 0 Å². The third kappa shape index (κ3) is 7.98. The van der Waals surface area contributed by atoms with Crippen molar-refractivity contribution in [2.24, 2.45) is 0 Å². The Morgan fingerprint density at radius 1 is 0.800 bits per heavy atom. The molecule has 3 aromatic rings. The van der Waals surface area contributed by atoms with Crippen LogP contribution in [-0.2, 0) is 18.5 Å². The van der Waals surface area contributed by atoms with Crippen LogP contribution in [0, 0.1) is 0 Å². The molecule has 0 aliphatic rings. The van der Waals surface area contributed by atoms with Crippen LogP contribution in [0.3, 0.4) is 0 Å². The maximum absolute atomic E-state index is 5.96. The molecule has 35 heavy (non-hydrogen) atoms. The minimum Gasteiger partial charge on any atom is -0.490 e. The maximum Gasteiger partial charge on any atom is 0.205 e. The largest absolute Gasteiger partial charge is 0.490 e. The van der Waals surface area contributed by atoms with Crippen LogP contribution in [-0.4, -0.2) is 63.8 Å². The summed E-state index contributed by atoms with van der Waals surface area (Å²) in [6.07, 6.45) is 2.30. The van der Waals surface area contributed by atoms with Gasteiger partial charge in [0.1, 0.15) is 18.8 Å². The van der Waals surface area contributed by atoms with Crippen molar-refractivity contribution in [3.05, 3.63) is 42.7 Å². The van der Waals surface area contributed by atoms with E-state index in [2.05, 4.69) is 15.3 Å². The van der Waals surface area contributed by atoms with E-state index in [9.17, 15) is 0 Å². The van der Waals surface area contributed by atoms with Gasteiger partial charge in [0.05, 0.1) is 31.9 Å². The normalized spacial score (nSPS) is 11.2. The number of hydrogen-bond donors (Lipinski definition) is 1. The van der Waals surface area contributed by atoms with E-state index in [1.165, 1.54) is 6.33 Å². The standard InChI is InChI=1S/C25H34N3O6P/c1-5-33-35(34-6-2)20-10-8-19(9-11-20)28-25-21-16-23(32-15-14-30-4)24(31-13-7-12-29-3)17-22(21)26-18-27-25/h8-11,16-18H,5-7,12-15H2,1-4H3,(H,26,27,28). The van der Waals surface area contributed by atoms with E-state index in [-0.39, 0.29) is 0 Å². The highest BCUT2D eigenvalue weighted by Crippen LogP contribution is 2.38. The number of anilines is 2. The highest BCUT2D eigenvalue weighted by atomic mass is 31.2. The van der Waals surface area contributed by atoms with Gasteiger partial charge in [-0.15, -0.1) is 0 Å². The molecule has 0 amide bonds. The van der Waals surface area contributed by atoms with Crippen LogP contribution in [0.2, 0.25) is 0 Å². The molecular weight excluding hydrogens is 469 g/mol. The number of hydrogen-bond acceptors (Lipinski definition) is 9. The summed E-state index contributed by atoms with van der Waals surface area (Å²) in [7, 11) is 2.23. The van der Waals surface area contributed by atoms with Crippen LogP contribution in [0.15, 0.2) is 42.7 Å². The van der Waals surface area contributed by atoms with Gasteiger partial charge in [0.15, 0.2) is 11.5 Å². The van der Waals surface area contributed by atoms with E-state index in [0.717, 1.165) is 28.3 Å². The van der Waals surface area contributed by atoms with Crippen molar-refractivity contribution in [2.75, 3.05) is 59.2 Å². The maximum atomic E-state index is 5.96. The van der Waals surface area contributed by atoms with Gasteiger partial charge in [0.2, 0.25) is 8.38 Å². The summed E-state index contributed by atoms with van der Waals surface area (Å²) in [5, 5.41) is 5.23. The number of nitrogens with zero attached hydrogens (tertiary/aromatic N) is 2. The fraction of sp³-hybridized carbons (Fsp3) is 0.440. The number of aromatic nitrogens is 2. The molecule has 10 heteroatoms. The van der Waals surface area contributed by atoms with Gasteiger partial charge in [0, 0.05) is 49.7 Å². The zero-order valence-corrected chi connectivity index (χ0v) is 21.7. The number of methoxy groups -OCH3 is 2. The highest BCUT2D eigenvalue weighted by Gasteiger charge is 2.15. The molecule has 0 unspecified atom stereocenters. The second kappa shape index (κ2) is 14.8. The first-order valence-corrected chi connectivity index (χ1v) is 12.8. The van der Waals surface area contributed by atoms with Crippen LogP contribution in [0.5, 0.6) is 11.5 Å². The topological polar surface area (TPSA) is 93.2 Å². The smallest absolute Gasteiger partial charge is 0.205 e. The lowest BCUT2D eigenvalue weighted by molar-refractivity contribution is 0.141. The zero-order valence-electron chi connectivity index (χ0n) is 20.8. The van der Waals surface area contributed by atoms with Crippen LogP contribution in [0.1, 0.15) is 20.3 Å². The summed E-state index contributed by atoms with van der Waals surface area (Å²) in [4.78, 5) is 8.91. The van der Waals surface area contributed by atoms with Crippen molar-refractivity contribution in [1.29, 1.82) is 0 Å². The highest BCUT2D eigenvalue weighted by molar-refractivity contribution is 7.56. The monoisotopic (exact) mass is 503 g/mol. The number of benzene rings is 2. The number of fused-ring (bicyclic) bond motifs is 1. The Bertz CT molecular complexity index is 1030. The second-order valence-electron chi connectivity index (χ2n) is 7.34. The summed E-state index contributed by atoms with van der Waals surface area (Å²) in [6, 6.07) is 11.8. The van der Waals surface area contributed by atoms with Gasteiger partial charge in [-0.05, 0) is 44.2 Å². The molecule has 1 aromatic heterocycles. The van der Waals surface area contributed by atoms with Crippen molar-refractivity contribution < 1.29 is 28.0 Å². The van der Waals surface area contributed by atoms with Crippen molar-refractivity contribution >= 4 is 36.1 Å². The molecule has 0 aliphatic carbocycles. The van der Waals surface area contributed by atoms with E-state index < -0.39 is 8.38 Å². The minimum atomic E-state index is -1.08. The van der Waals surface area contributed by atoms with Crippen molar-refractivity contribution in [3.8, 4) is 11.5 Å². The molecule has 0 radical (unpaired) electrons. The molecule has 0 aliphatic heterocycles. The number of rotatable bonds is 16. The van der Waals surface area contributed by atoms with E-state index in [0.29, 0.717) is 57.0 Å². The molecule has 0 bridgehead atoms. The Hall–Kier alpha value is -2.55. The molecule has 0 saturated heterocycles. The summed E-state index contributed by atoms with van der Waals surface area (Å²) < 4.78 is 33.6. The average molecular weight is 504 g/mol. The lowest BCUT2D eigenvalue weighted by Gasteiger charge is -2.17. The van der Waals surface area contributed by atoms with Crippen LogP contribution < -0.4 is 20.1 Å². The van der Waals surface area contributed by atoms with Gasteiger partial charge in [-0.25, -0.2) is 9.97 Å². The molecular formula is C25H34N3O6P. The first-order valence-electron chi connectivity index (χ1n) is 11.6. The molecule has 0 saturated carbocycles. The third-order valence-electron chi connectivity index (χ3n) is 4.83. The average Bonchev–Trinajstić information content (AvgIpc) is 2.87. The second-order valence-corrected chi connectivity index (χ2v) is 8.89. The minimum absolute atomic E-state index is 0.400. The predicted molar refractivity (Wildman–Crippen MR) is 138 cm³/mol. The Labute approximate surface area is 208 Å². The van der Waals surface area contributed by atoms with E-state index in [1.807, 2.05) is 50.2 Å². The molecule has 2 aromatic carbocycles. The number of nitrogens with one attached hydrogen (secondary N) is 1. The fourth-order valence-electron chi connectivity index (χ4n) is 3.23. The molecule has 1 heterocycles. The molecule has 0 spiro atoms. The zero-order chi connectivity index (χ0) is 24.9. The molecule has 190 valence electrons. The SMILES string of the molecule is CCOP(OCC)c1ccc(Nc2ncnc3cc(OCCCOC)c(OCCOC)cc23)cc1. The summed E-state index contributed by atoms with van der Waals surface area (Å²) in [5.41, 5.74) is 1.63. The Morgan fingerprint density at radius 2 is 1.49 bits per heavy atom. The first kappa shape index (κ1) is 27.0. The molecule has 0 atom stereocenters. The van der Waals surface area contributed by atoms with Gasteiger partial charge in [-0.1, -0.05) is 0 Å². The van der Waals surface area contributed by atoms with E-state index in [1.54, 1.807) is 14.2 Å². The number of ether oxygens (including phenoxy) is 4. The molecule has 1 N–H and O–H groups in total. The van der Waals surface area contributed by atoms with Crippen LogP contribution >= 0.6 is 8.38 Å². The van der Waals surface area contributed by atoms with E-state index >= 15 is 0 Å². The van der Waals surface area contributed by atoms with Crippen LogP contribution in [0.25, 0.3) is 10.9 Å². The summed E-state index contributed by atoms with van der Waals surface area (Å²) >= 11 is 0. The third-order valence-corrected chi connectivity index (χ3v) is 6.53. The van der Waals surface area contributed by atoms with Crippen molar-refractivity contribution in [3.63, 3.8) is 0 Å². The quantitative estimate of drug-likeness (QED) is 0.218. The molecule has 3 rings (SSSR count). The summed E-state index contributed by atoms with van der Waals surface area (Å²) in [5.74, 6) is 1.90. The Morgan fingerprint density at radius 3 is 2.17 bits per heavy atom. The predicted octanol–water partition coefficient (Wildman–Crippen LogP) is 4.82.